The van der Waals surface area contributed by atoms with Crippen LogP contribution in [0.2, 0.25) is 0 Å². The zero-order valence-corrected chi connectivity index (χ0v) is 12.7. The van der Waals surface area contributed by atoms with E-state index in [0.717, 1.165) is 11.5 Å². The van der Waals surface area contributed by atoms with Gasteiger partial charge in [0.2, 0.25) is 0 Å². The molecule has 0 amide bonds. The van der Waals surface area contributed by atoms with E-state index in [-0.39, 0.29) is 0 Å². The van der Waals surface area contributed by atoms with Crippen LogP contribution in [0.5, 0.6) is 11.5 Å². The Hall–Kier alpha value is -1.80. The molecule has 2 nitrogen and oxygen atoms in total. The molecule has 0 fully saturated rings. The van der Waals surface area contributed by atoms with Gasteiger partial charge in [0, 0.05) is 6.04 Å². The van der Waals surface area contributed by atoms with Crippen LogP contribution >= 0.6 is 0 Å². The van der Waals surface area contributed by atoms with Crippen LogP contribution in [0, 0.1) is 5.92 Å². The summed E-state index contributed by atoms with van der Waals surface area (Å²) in [5.41, 5.74) is 1.32. The molecule has 0 aliphatic heterocycles. The third-order valence-electron chi connectivity index (χ3n) is 3.39. The highest BCUT2D eigenvalue weighted by molar-refractivity contribution is 5.34. The smallest absolute Gasteiger partial charge is 0.127 e. The highest BCUT2D eigenvalue weighted by Gasteiger charge is 2.17. The monoisotopic (exact) mass is 269 g/mol. The van der Waals surface area contributed by atoms with E-state index in [1.807, 2.05) is 42.5 Å². The van der Waals surface area contributed by atoms with Crippen LogP contribution < -0.4 is 4.74 Å². The van der Waals surface area contributed by atoms with Crippen molar-refractivity contribution in [2.45, 2.75) is 19.9 Å². The first-order valence-electron chi connectivity index (χ1n) is 7.07. The summed E-state index contributed by atoms with van der Waals surface area (Å²) >= 11 is 0. The molecular weight excluding hydrogens is 246 g/mol. The van der Waals surface area contributed by atoms with Crippen LogP contribution in [0.3, 0.4) is 0 Å². The van der Waals surface area contributed by atoms with Crippen molar-refractivity contribution in [2.75, 3.05) is 14.1 Å². The second kappa shape index (κ2) is 6.58. The van der Waals surface area contributed by atoms with Crippen molar-refractivity contribution in [2.24, 2.45) is 5.92 Å². The van der Waals surface area contributed by atoms with Gasteiger partial charge in [0.15, 0.2) is 0 Å². The molecule has 2 aromatic rings. The number of benzene rings is 2. The van der Waals surface area contributed by atoms with E-state index in [1.165, 1.54) is 5.56 Å². The molecule has 0 N–H and O–H groups in total. The van der Waals surface area contributed by atoms with Crippen molar-refractivity contribution in [1.29, 1.82) is 0 Å². The Balaban J connectivity index is 2.13. The molecule has 0 aromatic heterocycles. The van der Waals surface area contributed by atoms with Gasteiger partial charge in [-0.2, -0.15) is 0 Å². The third kappa shape index (κ3) is 3.61. The Labute approximate surface area is 122 Å². The van der Waals surface area contributed by atoms with Crippen LogP contribution in [0.1, 0.15) is 25.5 Å². The maximum atomic E-state index is 5.82. The molecule has 106 valence electrons. The Bertz CT molecular complexity index is 509. The molecule has 0 radical (unpaired) electrons. The lowest BCUT2D eigenvalue weighted by Crippen LogP contribution is -2.24. The molecule has 0 saturated heterocycles. The molecule has 0 saturated carbocycles. The van der Waals surface area contributed by atoms with Crippen LogP contribution in [0.25, 0.3) is 0 Å². The summed E-state index contributed by atoms with van der Waals surface area (Å²) in [6.07, 6.45) is 0. The van der Waals surface area contributed by atoms with Crippen molar-refractivity contribution in [3.63, 3.8) is 0 Å². The van der Waals surface area contributed by atoms with Gasteiger partial charge < -0.3 is 9.64 Å². The van der Waals surface area contributed by atoms with Gasteiger partial charge in [-0.1, -0.05) is 44.2 Å². The molecule has 0 aliphatic carbocycles. The summed E-state index contributed by atoms with van der Waals surface area (Å²) < 4.78 is 5.82. The summed E-state index contributed by atoms with van der Waals surface area (Å²) in [5.74, 6) is 2.32. The van der Waals surface area contributed by atoms with E-state index in [9.17, 15) is 0 Å². The second-order valence-corrected chi connectivity index (χ2v) is 5.64. The second-order valence-electron chi connectivity index (χ2n) is 5.64. The Morgan fingerprint density at radius 3 is 1.85 bits per heavy atom. The molecule has 0 unspecified atom stereocenters. The molecule has 1 atom stereocenters. The van der Waals surface area contributed by atoms with E-state index in [0.29, 0.717) is 12.0 Å². The van der Waals surface area contributed by atoms with Crippen molar-refractivity contribution in [3.05, 3.63) is 60.2 Å². The summed E-state index contributed by atoms with van der Waals surface area (Å²) in [5, 5.41) is 0. The van der Waals surface area contributed by atoms with Gasteiger partial charge in [-0.3, -0.25) is 0 Å². The minimum Gasteiger partial charge on any atom is -0.457 e. The van der Waals surface area contributed by atoms with Gasteiger partial charge in [-0.25, -0.2) is 0 Å². The Kier molecular flexibility index (Phi) is 4.80. The predicted octanol–water partition coefficient (Wildman–Crippen LogP) is 4.74. The lowest BCUT2D eigenvalue weighted by Gasteiger charge is -2.28. The average molecular weight is 269 g/mol. The van der Waals surface area contributed by atoms with Gasteiger partial charge in [0.05, 0.1) is 0 Å². The first kappa shape index (κ1) is 14.6. The molecule has 20 heavy (non-hydrogen) atoms. The van der Waals surface area contributed by atoms with Gasteiger partial charge in [0.1, 0.15) is 11.5 Å². The molecule has 2 rings (SSSR count). The van der Waals surface area contributed by atoms with E-state index in [4.69, 9.17) is 4.74 Å². The number of nitrogens with zero attached hydrogens (tertiary/aromatic N) is 1. The predicted molar refractivity (Wildman–Crippen MR) is 84.2 cm³/mol. The van der Waals surface area contributed by atoms with Gasteiger partial charge in [-0.05, 0) is 49.8 Å². The molecule has 0 spiro atoms. The van der Waals surface area contributed by atoms with Gasteiger partial charge >= 0.3 is 0 Å². The fourth-order valence-electron chi connectivity index (χ4n) is 2.64. The van der Waals surface area contributed by atoms with E-state index < -0.39 is 0 Å². The van der Waals surface area contributed by atoms with Gasteiger partial charge in [-0.15, -0.1) is 0 Å². The zero-order valence-electron chi connectivity index (χ0n) is 12.7. The first-order valence-corrected chi connectivity index (χ1v) is 7.07. The molecule has 0 heterocycles. The van der Waals surface area contributed by atoms with Crippen LogP contribution in [0.4, 0.5) is 0 Å². The third-order valence-corrected chi connectivity index (χ3v) is 3.39. The highest BCUT2D eigenvalue weighted by atomic mass is 16.5. The summed E-state index contributed by atoms with van der Waals surface area (Å²) in [6.45, 7) is 4.50. The van der Waals surface area contributed by atoms with Crippen LogP contribution in [-0.2, 0) is 0 Å². The quantitative estimate of drug-likeness (QED) is 0.777. The fourth-order valence-corrected chi connectivity index (χ4v) is 2.64. The topological polar surface area (TPSA) is 12.5 Å². The standard InChI is InChI=1S/C18H23NO/c1-14(2)18(19(3)4)15-10-12-17(13-11-15)20-16-8-6-5-7-9-16/h5-14,18H,1-4H3/t18-/m1/s1. The van der Waals surface area contributed by atoms with E-state index in [2.05, 4.69) is 45.0 Å². The maximum absolute atomic E-state index is 5.82. The number of para-hydroxylation sites is 1. The van der Waals surface area contributed by atoms with E-state index in [1.54, 1.807) is 0 Å². The van der Waals surface area contributed by atoms with Crippen molar-refractivity contribution in [1.82, 2.24) is 4.90 Å². The zero-order chi connectivity index (χ0) is 14.5. The van der Waals surface area contributed by atoms with Crippen LogP contribution in [0.15, 0.2) is 54.6 Å². The highest BCUT2D eigenvalue weighted by Crippen LogP contribution is 2.29. The number of hydrogen-bond donors (Lipinski definition) is 0. The summed E-state index contributed by atoms with van der Waals surface area (Å²) in [6, 6.07) is 18.7. The average Bonchev–Trinajstić information content (AvgIpc) is 2.41. The minimum atomic E-state index is 0.431. The molecule has 0 bridgehead atoms. The first-order chi connectivity index (χ1) is 9.58. The largest absolute Gasteiger partial charge is 0.457 e. The maximum Gasteiger partial charge on any atom is 0.127 e. The molecule has 2 heteroatoms. The van der Waals surface area contributed by atoms with Crippen molar-refractivity contribution in [3.8, 4) is 11.5 Å². The summed E-state index contributed by atoms with van der Waals surface area (Å²) in [7, 11) is 4.25. The normalized spacial score (nSPS) is 12.7. The Morgan fingerprint density at radius 2 is 1.35 bits per heavy atom. The SMILES string of the molecule is CC(C)[C@H](c1ccc(Oc2ccccc2)cc1)N(C)C. The van der Waals surface area contributed by atoms with E-state index >= 15 is 0 Å². The molecule has 2 aromatic carbocycles. The number of rotatable bonds is 5. The molecule has 0 aliphatic rings. The number of hydrogen-bond acceptors (Lipinski definition) is 2. The lowest BCUT2D eigenvalue weighted by atomic mass is 9.95. The number of ether oxygens (including phenoxy) is 1. The Morgan fingerprint density at radius 1 is 0.800 bits per heavy atom. The minimum absolute atomic E-state index is 0.431. The molecular formula is C18H23NO. The van der Waals surface area contributed by atoms with Crippen molar-refractivity contribution < 1.29 is 4.74 Å². The summed E-state index contributed by atoms with van der Waals surface area (Å²) in [4.78, 5) is 2.26. The lowest BCUT2D eigenvalue weighted by molar-refractivity contribution is 0.235. The van der Waals surface area contributed by atoms with Gasteiger partial charge in [0.25, 0.3) is 0 Å². The fraction of sp³-hybridized carbons (Fsp3) is 0.333. The van der Waals surface area contributed by atoms with Crippen molar-refractivity contribution >= 4 is 0 Å². The van der Waals surface area contributed by atoms with Crippen LogP contribution in [-0.4, -0.2) is 19.0 Å².